The first-order valence-electron chi connectivity index (χ1n) is 5.37. The molecule has 0 N–H and O–H groups in total. The Hall–Kier alpha value is -1.83. The summed E-state index contributed by atoms with van der Waals surface area (Å²) in [7, 11) is 0. The Labute approximate surface area is 120 Å². The average Bonchev–Trinajstić information content (AvgIpc) is 2.28. The van der Waals surface area contributed by atoms with Crippen molar-refractivity contribution in [3.63, 3.8) is 0 Å². The number of benzene rings is 1. The van der Waals surface area contributed by atoms with Crippen LogP contribution in [0, 0.1) is 6.92 Å². The van der Waals surface area contributed by atoms with E-state index < -0.39 is 6.36 Å². The first-order valence-corrected chi connectivity index (χ1v) is 6.16. The van der Waals surface area contributed by atoms with E-state index in [0.29, 0.717) is 16.2 Å². The fourth-order valence-electron chi connectivity index (χ4n) is 1.39. The standard InChI is InChI=1S/C12H8BrF3N2O2/c1-7-17-10(13)6-11(18-7)19-8-2-4-9(5-3-8)20-12(14,15)16/h2-6H,1H3. The van der Waals surface area contributed by atoms with E-state index in [2.05, 4.69) is 30.6 Å². The van der Waals surface area contributed by atoms with Crippen LogP contribution < -0.4 is 9.47 Å². The molecule has 0 fully saturated rings. The molecule has 4 nitrogen and oxygen atoms in total. The third-order valence-corrected chi connectivity index (χ3v) is 2.47. The summed E-state index contributed by atoms with van der Waals surface area (Å²) in [5.41, 5.74) is 0. The molecule has 2 aromatic rings. The van der Waals surface area contributed by atoms with Crippen molar-refractivity contribution in [2.45, 2.75) is 13.3 Å². The highest BCUT2D eigenvalue weighted by Crippen LogP contribution is 2.27. The van der Waals surface area contributed by atoms with Gasteiger partial charge in [0.15, 0.2) is 0 Å². The predicted molar refractivity (Wildman–Crippen MR) is 67.7 cm³/mol. The van der Waals surface area contributed by atoms with Gasteiger partial charge in [0, 0.05) is 6.07 Å². The summed E-state index contributed by atoms with van der Waals surface area (Å²) in [4.78, 5) is 8.05. The van der Waals surface area contributed by atoms with Gasteiger partial charge >= 0.3 is 6.36 Å². The largest absolute Gasteiger partial charge is 0.573 e. The molecule has 1 aromatic carbocycles. The molecule has 0 atom stereocenters. The third-order valence-electron chi connectivity index (χ3n) is 2.06. The Morgan fingerprint density at radius 2 is 1.65 bits per heavy atom. The van der Waals surface area contributed by atoms with Crippen LogP contribution in [0.1, 0.15) is 5.82 Å². The van der Waals surface area contributed by atoms with Gasteiger partial charge in [0.2, 0.25) is 5.88 Å². The Bertz CT molecular complexity index is 582. The molecule has 20 heavy (non-hydrogen) atoms. The molecule has 0 radical (unpaired) electrons. The molecule has 0 saturated carbocycles. The van der Waals surface area contributed by atoms with Crippen LogP contribution in [0.4, 0.5) is 13.2 Å². The number of hydrogen-bond donors (Lipinski definition) is 0. The third kappa shape index (κ3) is 4.37. The van der Waals surface area contributed by atoms with Gasteiger partial charge in [-0.25, -0.2) is 4.98 Å². The van der Waals surface area contributed by atoms with Crippen molar-refractivity contribution in [2.75, 3.05) is 0 Å². The summed E-state index contributed by atoms with van der Waals surface area (Å²) in [6, 6.07) is 6.57. The maximum absolute atomic E-state index is 12.0. The number of nitrogens with zero attached hydrogens (tertiary/aromatic N) is 2. The normalized spacial score (nSPS) is 11.2. The van der Waals surface area contributed by atoms with Gasteiger partial charge in [0.25, 0.3) is 0 Å². The number of aromatic nitrogens is 2. The quantitative estimate of drug-likeness (QED) is 0.778. The van der Waals surface area contributed by atoms with Crippen molar-refractivity contribution in [1.29, 1.82) is 0 Å². The Kier molecular flexibility index (Phi) is 4.12. The Balaban J connectivity index is 2.10. The minimum absolute atomic E-state index is 0.286. The lowest BCUT2D eigenvalue weighted by molar-refractivity contribution is -0.274. The van der Waals surface area contributed by atoms with E-state index in [4.69, 9.17) is 4.74 Å². The van der Waals surface area contributed by atoms with Gasteiger partial charge in [0.05, 0.1) is 0 Å². The number of hydrogen-bond acceptors (Lipinski definition) is 4. The molecule has 0 aliphatic carbocycles. The van der Waals surface area contributed by atoms with Gasteiger partial charge in [-0.1, -0.05) is 0 Å². The highest BCUT2D eigenvalue weighted by Gasteiger charge is 2.30. The zero-order valence-electron chi connectivity index (χ0n) is 10.1. The molecule has 0 amide bonds. The van der Waals surface area contributed by atoms with E-state index >= 15 is 0 Å². The van der Waals surface area contributed by atoms with E-state index in [1.165, 1.54) is 12.1 Å². The van der Waals surface area contributed by atoms with Crippen molar-refractivity contribution in [3.05, 3.63) is 40.8 Å². The van der Waals surface area contributed by atoms with Gasteiger partial charge in [-0.15, -0.1) is 13.2 Å². The molecular weight excluding hydrogens is 341 g/mol. The fourth-order valence-corrected chi connectivity index (χ4v) is 1.84. The second-order valence-corrected chi connectivity index (χ2v) is 4.51. The molecule has 8 heteroatoms. The summed E-state index contributed by atoms with van der Waals surface area (Å²) in [6.45, 7) is 1.69. The molecular formula is C12H8BrF3N2O2. The van der Waals surface area contributed by atoms with Gasteiger partial charge in [-0.2, -0.15) is 4.98 Å². The lowest BCUT2D eigenvalue weighted by Gasteiger charge is -2.10. The maximum atomic E-state index is 12.0. The first kappa shape index (κ1) is 14.6. The van der Waals surface area contributed by atoms with E-state index in [1.807, 2.05) is 0 Å². The molecule has 1 aromatic heterocycles. The van der Waals surface area contributed by atoms with Crippen LogP contribution in [0.5, 0.6) is 17.4 Å². The van der Waals surface area contributed by atoms with Crippen LogP contribution in [0.2, 0.25) is 0 Å². The number of halogens is 4. The van der Waals surface area contributed by atoms with Crippen molar-refractivity contribution < 1.29 is 22.6 Å². The Morgan fingerprint density at radius 1 is 1.05 bits per heavy atom. The van der Waals surface area contributed by atoms with Crippen LogP contribution in [0.3, 0.4) is 0 Å². The van der Waals surface area contributed by atoms with E-state index in [-0.39, 0.29) is 11.6 Å². The number of ether oxygens (including phenoxy) is 2. The second-order valence-electron chi connectivity index (χ2n) is 3.70. The molecule has 106 valence electrons. The first-order chi connectivity index (χ1) is 9.32. The molecule has 0 unspecified atom stereocenters. The highest BCUT2D eigenvalue weighted by molar-refractivity contribution is 9.10. The van der Waals surface area contributed by atoms with Crippen LogP contribution in [0.25, 0.3) is 0 Å². The van der Waals surface area contributed by atoms with Crippen LogP contribution >= 0.6 is 15.9 Å². The predicted octanol–water partition coefficient (Wildman–Crippen LogP) is 4.24. The molecule has 0 aliphatic heterocycles. The summed E-state index contributed by atoms with van der Waals surface area (Å²) >= 11 is 3.19. The van der Waals surface area contributed by atoms with Crippen LogP contribution in [0.15, 0.2) is 34.9 Å². The summed E-state index contributed by atoms with van der Waals surface area (Å²) in [5.74, 6) is 0.815. The molecule has 0 spiro atoms. The van der Waals surface area contributed by atoms with Gasteiger partial charge in [-0.3, -0.25) is 0 Å². The summed E-state index contributed by atoms with van der Waals surface area (Å²) in [6.07, 6.45) is -4.71. The molecule has 0 bridgehead atoms. The smallest absolute Gasteiger partial charge is 0.439 e. The zero-order chi connectivity index (χ0) is 14.8. The number of rotatable bonds is 3. The monoisotopic (exact) mass is 348 g/mol. The second kappa shape index (κ2) is 5.66. The Morgan fingerprint density at radius 3 is 2.20 bits per heavy atom. The average molecular weight is 349 g/mol. The van der Waals surface area contributed by atoms with Gasteiger partial charge in [0.1, 0.15) is 21.9 Å². The minimum Gasteiger partial charge on any atom is -0.439 e. The van der Waals surface area contributed by atoms with E-state index in [1.54, 1.807) is 13.0 Å². The maximum Gasteiger partial charge on any atom is 0.573 e. The highest BCUT2D eigenvalue weighted by atomic mass is 79.9. The van der Waals surface area contributed by atoms with E-state index in [0.717, 1.165) is 12.1 Å². The molecule has 0 saturated heterocycles. The van der Waals surface area contributed by atoms with E-state index in [9.17, 15) is 13.2 Å². The van der Waals surface area contributed by atoms with Crippen LogP contribution in [-0.4, -0.2) is 16.3 Å². The van der Waals surface area contributed by atoms with Crippen LogP contribution in [-0.2, 0) is 0 Å². The minimum atomic E-state index is -4.71. The summed E-state index contributed by atoms with van der Waals surface area (Å²) in [5, 5.41) is 0. The van der Waals surface area contributed by atoms with Crippen molar-refractivity contribution in [3.8, 4) is 17.4 Å². The lowest BCUT2D eigenvalue weighted by atomic mass is 10.3. The summed E-state index contributed by atoms with van der Waals surface area (Å²) < 4.78 is 45.7. The van der Waals surface area contributed by atoms with Crippen molar-refractivity contribution >= 4 is 15.9 Å². The number of aryl methyl sites for hydroxylation is 1. The lowest BCUT2D eigenvalue weighted by Crippen LogP contribution is -2.16. The molecule has 2 rings (SSSR count). The topological polar surface area (TPSA) is 44.2 Å². The van der Waals surface area contributed by atoms with Gasteiger partial charge < -0.3 is 9.47 Å². The van der Waals surface area contributed by atoms with Crippen molar-refractivity contribution in [1.82, 2.24) is 9.97 Å². The molecule has 1 heterocycles. The zero-order valence-corrected chi connectivity index (χ0v) is 11.7. The number of alkyl halides is 3. The fraction of sp³-hybridized carbons (Fsp3) is 0.167. The molecule has 0 aliphatic rings. The SMILES string of the molecule is Cc1nc(Br)cc(Oc2ccc(OC(F)(F)F)cc2)n1. The van der Waals surface area contributed by atoms with Gasteiger partial charge in [-0.05, 0) is 47.1 Å². The van der Waals surface area contributed by atoms with Crippen molar-refractivity contribution in [2.24, 2.45) is 0 Å².